The Morgan fingerprint density at radius 3 is 1.33 bits per heavy atom. The van der Waals surface area contributed by atoms with Crippen molar-refractivity contribution >= 4 is 23.5 Å². The molecule has 92 valence electrons. The van der Waals surface area contributed by atoms with Crippen molar-refractivity contribution in [3.05, 3.63) is 71.8 Å². The second-order valence-electron chi connectivity index (χ2n) is 4.47. The molecule has 0 radical (unpaired) electrons. The first kappa shape index (κ1) is 12.2. The Morgan fingerprint density at radius 1 is 0.611 bits per heavy atom. The van der Waals surface area contributed by atoms with Crippen LogP contribution in [0, 0.1) is 0 Å². The van der Waals surface area contributed by atoms with Crippen molar-refractivity contribution < 1.29 is 0 Å². The molecule has 0 aliphatic carbocycles. The van der Waals surface area contributed by atoms with Gasteiger partial charge in [0.05, 0.1) is 0 Å². The maximum Gasteiger partial charge on any atom is 0.0388 e. The summed E-state index contributed by atoms with van der Waals surface area (Å²) in [6.45, 7) is 0. The second kappa shape index (κ2) is 5.85. The van der Waals surface area contributed by atoms with Crippen LogP contribution in [0.2, 0.25) is 0 Å². The molecule has 0 nitrogen and oxygen atoms in total. The molecule has 2 unspecified atom stereocenters. The van der Waals surface area contributed by atoms with Gasteiger partial charge < -0.3 is 0 Å². The van der Waals surface area contributed by atoms with E-state index >= 15 is 0 Å². The van der Waals surface area contributed by atoms with Crippen LogP contribution < -0.4 is 0 Å². The van der Waals surface area contributed by atoms with E-state index in [1.165, 1.54) is 22.6 Å². The van der Waals surface area contributed by atoms with E-state index < -0.39 is 0 Å². The molecule has 2 heteroatoms. The topological polar surface area (TPSA) is 0 Å². The lowest BCUT2D eigenvalue weighted by Crippen LogP contribution is -2.10. The van der Waals surface area contributed by atoms with E-state index in [0.29, 0.717) is 10.5 Å². The van der Waals surface area contributed by atoms with Crippen LogP contribution in [0.3, 0.4) is 0 Å². The minimum atomic E-state index is 0.663. The second-order valence-corrected chi connectivity index (χ2v) is 6.94. The van der Waals surface area contributed by atoms with Gasteiger partial charge in [0, 0.05) is 22.0 Å². The molecule has 0 bridgehead atoms. The summed E-state index contributed by atoms with van der Waals surface area (Å²) in [5, 5.41) is 1.33. The molecule has 3 rings (SSSR count). The summed E-state index contributed by atoms with van der Waals surface area (Å²) in [6.07, 6.45) is 0. The molecule has 1 aliphatic heterocycles. The monoisotopic (exact) mass is 272 g/mol. The highest BCUT2D eigenvalue weighted by Crippen LogP contribution is 2.46. The lowest BCUT2D eigenvalue weighted by Gasteiger charge is -2.28. The molecule has 0 aromatic heterocycles. The molecular formula is C16H16S2. The van der Waals surface area contributed by atoms with Crippen LogP contribution in [0.15, 0.2) is 60.7 Å². The Labute approximate surface area is 117 Å². The molecule has 0 N–H and O–H groups in total. The minimum Gasteiger partial charge on any atom is -0.151 e. The summed E-state index contributed by atoms with van der Waals surface area (Å²) in [6, 6.07) is 21.8. The molecule has 2 aromatic carbocycles. The van der Waals surface area contributed by atoms with E-state index in [-0.39, 0.29) is 0 Å². The molecule has 0 spiro atoms. The smallest absolute Gasteiger partial charge is 0.0388 e. The maximum absolute atomic E-state index is 2.25. The largest absolute Gasteiger partial charge is 0.151 e. The van der Waals surface area contributed by atoms with E-state index in [0.717, 1.165) is 0 Å². The summed E-state index contributed by atoms with van der Waals surface area (Å²) < 4.78 is 0. The van der Waals surface area contributed by atoms with Crippen molar-refractivity contribution in [1.82, 2.24) is 0 Å². The molecule has 1 saturated heterocycles. The normalized spacial score (nSPS) is 23.8. The van der Waals surface area contributed by atoms with Gasteiger partial charge >= 0.3 is 0 Å². The summed E-state index contributed by atoms with van der Waals surface area (Å²) >= 11 is 4.20. The van der Waals surface area contributed by atoms with Gasteiger partial charge in [0.25, 0.3) is 0 Å². The summed E-state index contributed by atoms with van der Waals surface area (Å²) in [5.74, 6) is 2.43. The Balaban J connectivity index is 1.65. The lowest BCUT2D eigenvalue weighted by molar-refractivity contribution is 1.03. The number of hydrogen-bond acceptors (Lipinski definition) is 2. The Hall–Kier alpha value is -0.860. The van der Waals surface area contributed by atoms with Crippen LogP contribution >= 0.6 is 23.5 Å². The van der Waals surface area contributed by atoms with Gasteiger partial charge in [-0.3, -0.25) is 0 Å². The predicted octanol–water partition coefficient (Wildman–Crippen LogP) is 4.95. The number of hydrogen-bond donors (Lipinski definition) is 0. The van der Waals surface area contributed by atoms with Crippen LogP contribution in [0.1, 0.15) is 21.6 Å². The van der Waals surface area contributed by atoms with Crippen molar-refractivity contribution in [2.45, 2.75) is 10.5 Å². The number of thioether (sulfide) groups is 2. The zero-order valence-electron chi connectivity index (χ0n) is 10.2. The van der Waals surface area contributed by atoms with Crippen molar-refractivity contribution in [3.63, 3.8) is 0 Å². The van der Waals surface area contributed by atoms with Crippen LogP contribution in [0.25, 0.3) is 0 Å². The predicted molar refractivity (Wildman–Crippen MR) is 83.3 cm³/mol. The summed E-state index contributed by atoms with van der Waals surface area (Å²) in [5.41, 5.74) is 2.95. The fourth-order valence-corrected chi connectivity index (χ4v) is 5.36. The first-order chi connectivity index (χ1) is 8.93. The van der Waals surface area contributed by atoms with Crippen molar-refractivity contribution in [1.29, 1.82) is 0 Å². The Kier molecular flexibility index (Phi) is 3.96. The molecule has 0 saturated carbocycles. The highest BCUT2D eigenvalue weighted by molar-refractivity contribution is 8.06. The highest BCUT2D eigenvalue weighted by atomic mass is 32.2. The average Bonchev–Trinajstić information content (AvgIpc) is 2.49. The number of rotatable bonds is 2. The van der Waals surface area contributed by atoms with E-state index in [2.05, 4.69) is 84.2 Å². The molecule has 1 fully saturated rings. The molecule has 2 atom stereocenters. The van der Waals surface area contributed by atoms with Gasteiger partial charge in [0.15, 0.2) is 0 Å². The molecule has 1 aliphatic rings. The van der Waals surface area contributed by atoms with Gasteiger partial charge in [0.1, 0.15) is 0 Å². The minimum absolute atomic E-state index is 0.663. The summed E-state index contributed by atoms with van der Waals surface area (Å²) in [7, 11) is 0. The van der Waals surface area contributed by atoms with Crippen molar-refractivity contribution in [2.75, 3.05) is 11.5 Å². The number of benzene rings is 2. The third kappa shape index (κ3) is 2.76. The van der Waals surface area contributed by atoms with Crippen molar-refractivity contribution in [2.24, 2.45) is 0 Å². The van der Waals surface area contributed by atoms with Gasteiger partial charge in [-0.15, -0.1) is 0 Å². The zero-order valence-corrected chi connectivity index (χ0v) is 11.8. The van der Waals surface area contributed by atoms with Crippen LogP contribution in [-0.2, 0) is 0 Å². The first-order valence-corrected chi connectivity index (χ1v) is 8.36. The molecule has 2 aromatic rings. The third-order valence-electron chi connectivity index (χ3n) is 3.24. The Bertz CT molecular complexity index is 425. The zero-order chi connectivity index (χ0) is 12.2. The first-order valence-electron chi connectivity index (χ1n) is 6.26. The maximum atomic E-state index is 2.25. The fraction of sp³-hybridized carbons (Fsp3) is 0.250. The molecule has 1 heterocycles. The van der Waals surface area contributed by atoms with E-state index in [1.807, 2.05) is 0 Å². The lowest BCUT2D eigenvalue weighted by atomic mass is 10.1. The van der Waals surface area contributed by atoms with E-state index in [1.54, 1.807) is 0 Å². The van der Waals surface area contributed by atoms with Crippen LogP contribution in [0.4, 0.5) is 0 Å². The van der Waals surface area contributed by atoms with E-state index in [4.69, 9.17) is 0 Å². The van der Waals surface area contributed by atoms with Gasteiger partial charge in [-0.1, -0.05) is 60.7 Å². The average molecular weight is 272 g/mol. The van der Waals surface area contributed by atoms with Gasteiger partial charge in [0.2, 0.25) is 0 Å². The molecule has 18 heavy (non-hydrogen) atoms. The van der Waals surface area contributed by atoms with Crippen LogP contribution in [-0.4, -0.2) is 11.5 Å². The Morgan fingerprint density at radius 2 is 1.00 bits per heavy atom. The third-order valence-corrected chi connectivity index (χ3v) is 6.40. The highest BCUT2D eigenvalue weighted by Gasteiger charge is 2.23. The molecule has 0 amide bonds. The molecular weight excluding hydrogens is 256 g/mol. The van der Waals surface area contributed by atoms with Crippen LogP contribution in [0.5, 0.6) is 0 Å². The SMILES string of the molecule is c1ccc(C2CSC(c3ccccc3)CS2)cc1. The van der Waals surface area contributed by atoms with E-state index in [9.17, 15) is 0 Å². The van der Waals surface area contributed by atoms with Gasteiger partial charge in [-0.2, -0.15) is 23.5 Å². The summed E-state index contributed by atoms with van der Waals surface area (Å²) in [4.78, 5) is 0. The quantitative estimate of drug-likeness (QED) is 0.758. The van der Waals surface area contributed by atoms with Gasteiger partial charge in [-0.25, -0.2) is 0 Å². The van der Waals surface area contributed by atoms with Gasteiger partial charge in [-0.05, 0) is 11.1 Å². The van der Waals surface area contributed by atoms with Crippen molar-refractivity contribution in [3.8, 4) is 0 Å². The standard InChI is InChI=1S/C16H16S2/c1-3-7-13(8-4-1)15-11-18-16(12-17-15)14-9-5-2-6-10-14/h1-10,15-16H,11-12H2. The fourth-order valence-electron chi connectivity index (χ4n) is 2.22.